The van der Waals surface area contributed by atoms with Gasteiger partial charge in [-0.05, 0) is 23.8 Å². The van der Waals surface area contributed by atoms with E-state index in [1.165, 1.54) is 0 Å². The molecule has 3 heteroatoms. The standard InChI is InChI=1S/C17H17NO2/c1-2-15(16(18)13-9-5-3-6-10-13)20-17(19)14-11-7-4-8-12-14/h2-12,15-16H,1,18H2/t15-,16-/m0/s1. The first-order valence-electron chi connectivity index (χ1n) is 6.41. The number of esters is 1. The fourth-order valence-corrected chi connectivity index (χ4v) is 1.90. The topological polar surface area (TPSA) is 52.3 Å². The Labute approximate surface area is 118 Å². The summed E-state index contributed by atoms with van der Waals surface area (Å²) in [5.41, 5.74) is 7.53. The summed E-state index contributed by atoms with van der Waals surface area (Å²) in [5.74, 6) is -0.401. The molecule has 0 bridgehead atoms. The Bertz CT molecular complexity index is 566. The van der Waals surface area contributed by atoms with E-state index in [4.69, 9.17) is 10.5 Å². The van der Waals surface area contributed by atoms with Crippen LogP contribution >= 0.6 is 0 Å². The number of rotatable bonds is 5. The summed E-state index contributed by atoms with van der Waals surface area (Å²) in [7, 11) is 0. The number of benzene rings is 2. The molecular formula is C17H17NO2. The van der Waals surface area contributed by atoms with Gasteiger partial charge in [0.1, 0.15) is 6.10 Å². The molecule has 2 aromatic rings. The maximum atomic E-state index is 12.0. The monoisotopic (exact) mass is 267 g/mol. The van der Waals surface area contributed by atoms with Crippen LogP contribution in [0.4, 0.5) is 0 Å². The lowest BCUT2D eigenvalue weighted by Gasteiger charge is -2.21. The largest absolute Gasteiger partial charge is 0.453 e. The van der Waals surface area contributed by atoms with Crippen molar-refractivity contribution in [3.05, 3.63) is 84.4 Å². The summed E-state index contributed by atoms with van der Waals surface area (Å²) < 4.78 is 5.42. The van der Waals surface area contributed by atoms with Gasteiger partial charge in [0.05, 0.1) is 11.6 Å². The van der Waals surface area contributed by atoms with E-state index in [-0.39, 0.29) is 0 Å². The Kier molecular flexibility index (Phi) is 4.69. The lowest BCUT2D eigenvalue weighted by Crippen LogP contribution is -2.29. The molecule has 0 spiro atoms. The third-order valence-corrected chi connectivity index (χ3v) is 3.02. The minimum Gasteiger partial charge on any atom is -0.453 e. The van der Waals surface area contributed by atoms with Crippen LogP contribution in [0.3, 0.4) is 0 Å². The van der Waals surface area contributed by atoms with Gasteiger partial charge in [-0.2, -0.15) is 0 Å². The van der Waals surface area contributed by atoms with Crippen molar-refractivity contribution in [2.75, 3.05) is 0 Å². The van der Waals surface area contributed by atoms with E-state index in [1.807, 2.05) is 36.4 Å². The zero-order valence-corrected chi connectivity index (χ0v) is 11.1. The normalized spacial score (nSPS) is 13.2. The fourth-order valence-electron chi connectivity index (χ4n) is 1.90. The van der Waals surface area contributed by atoms with Gasteiger partial charge in [0.25, 0.3) is 0 Å². The van der Waals surface area contributed by atoms with Gasteiger partial charge in [-0.1, -0.05) is 55.1 Å². The van der Waals surface area contributed by atoms with Gasteiger partial charge in [-0.25, -0.2) is 4.79 Å². The van der Waals surface area contributed by atoms with E-state index in [2.05, 4.69) is 6.58 Å². The maximum absolute atomic E-state index is 12.0. The fraction of sp³-hybridized carbons (Fsp3) is 0.118. The minimum atomic E-state index is -0.565. The first kappa shape index (κ1) is 14.0. The molecular weight excluding hydrogens is 250 g/mol. The molecule has 2 N–H and O–H groups in total. The second-order valence-electron chi connectivity index (χ2n) is 4.41. The summed E-state index contributed by atoms with van der Waals surface area (Å²) in [4.78, 5) is 12.0. The van der Waals surface area contributed by atoms with E-state index in [0.717, 1.165) is 5.56 Å². The first-order valence-corrected chi connectivity index (χ1v) is 6.41. The van der Waals surface area contributed by atoms with E-state index in [0.29, 0.717) is 5.56 Å². The summed E-state index contributed by atoms with van der Waals surface area (Å²) >= 11 is 0. The van der Waals surface area contributed by atoms with Gasteiger partial charge in [-0.15, -0.1) is 0 Å². The molecule has 0 saturated carbocycles. The quantitative estimate of drug-likeness (QED) is 0.669. The van der Waals surface area contributed by atoms with Crippen molar-refractivity contribution in [2.24, 2.45) is 5.73 Å². The van der Waals surface area contributed by atoms with Crippen LogP contribution in [0.2, 0.25) is 0 Å². The Morgan fingerprint density at radius 3 is 2.15 bits per heavy atom. The molecule has 3 nitrogen and oxygen atoms in total. The van der Waals surface area contributed by atoms with Crippen LogP contribution in [-0.2, 0) is 4.74 Å². The molecule has 20 heavy (non-hydrogen) atoms. The van der Waals surface area contributed by atoms with Crippen LogP contribution in [0, 0.1) is 0 Å². The molecule has 2 atom stereocenters. The van der Waals surface area contributed by atoms with Crippen LogP contribution in [0.25, 0.3) is 0 Å². The van der Waals surface area contributed by atoms with Gasteiger partial charge in [0.2, 0.25) is 0 Å². The second-order valence-corrected chi connectivity index (χ2v) is 4.41. The molecule has 0 aliphatic heterocycles. The number of carbonyl (C=O) groups is 1. The van der Waals surface area contributed by atoms with Crippen LogP contribution in [0.1, 0.15) is 22.0 Å². The zero-order valence-electron chi connectivity index (χ0n) is 11.1. The predicted molar refractivity (Wildman–Crippen MR) is 79.2 cm³/mol. The average Bonchev–Trinajstić information content (AvgIpc) is 2.53. The van der Waals surface area contributed by atoms with Crippen molar-refractivity contribution in [2.45, 2.75) is 12.1 Å². The van der Waals surface area contributed by atoms with Crippen LogP contribution in [-0.4, -0.2) is 12.1 Å². The number of ether oxygens (including phenoxy) is 1. The van der Waals surface area contributed by atoms with Crippen molar-refractivity contribution in [3.8, 4) is 0 Å². The molecule has 0 aliphatic carbocycles. The highest BCUT2D eigenvalue weighted by molar-refractivity contribution is 5.89. The molecule has 0 unspecified atom stereocenters. The smallest absolute Gasteiger partial charge is 0.338 e. The van der Waals surface area contributed by atoms with E-state index in [1.54, 1.807) is 30.3 Å². The molecule has 2 rings (SSSR count). The SMILES string of the molecule is C=C[C@H](OC(=O)c1ccccc1)[C@@H](N)c1ccccc1. The maximum Gasteiger partial charge on any atom is 0.338 e. The van der Waals surface area contributed by atoms with Crippen molar-refractivity contribution >= 4 is 5.97 Å². The van der Waals surface area contributed by atoms with Crippen molar-refractivity contribution in [1.82, 2.24) is 0 Å². The van der Waals surface area contributed by atoms with Crippen LogP contribution < -0.4 is 5.73 Å². The van der Waals surface area contributed by atoms with Gasteiger partial charge >= 0.3 is 5.97 Å². The number of carbonyl (C=O) groups excluding carboxylic acids is 1. The Morgan fingerprint density at radius 2 is 1.60 bits per heavy atom. The van der Waals surface area contributed by atoms with Crippen LogP contribution in [0.5, 0.6) is 0 Å². The molecule has 0 fully saturated rings. The second kappa shape index (κ2) is 6.68. The molecule has 0 saturated heterocycles. The summed E-state index contributed by atoms with van der Waals surface area (Å²) in [5, 5.41) is 0. The van der Waals surface area contributed by atoms with Gasteiger partial charge in [0.15, 0.2) is 0 Å². The third kappa shape index (κ3) is 3.33. The van der Waals surface area contributed by atoms with Crippen molar-refractivity contribution in [1.29, 1.82) is 0 Å². The Balaban J connectivity index is 2.10. The Hall–Kier alpha value is -2.39. The highest BCUT2D eigenvalue weighted by atomic mass is 16.5. The molecule has 2 aromatic carbocycles. The van der Waals surface area contributed by atoms with Crippen molar-refractivity contribution in [3.63, 3.8) is 0 Å². The molecule has 0 radical (unpaired) electrons. The number of nitrogens with two attached hydrogens (primary N) is 1. The van der Waals surface area contributed by atoms with E-state index >= 15 is 0 Å². The lowest BCUT2D eigenvalue weighted by atomic mass is 10.0. The minimum absolute atomic E-state index is 0.401. The third-order valence-electron chi connectivity index (χ3n) is 3.02. The first-order chi connectivity index (χ1) is 9.72. The highest BCUT2D eigenvalue weighted by Crippen LogP contribution is 2.18. The molecule has 102 valence electrons. The number of hydrogen-bond acceptors (Lipinski definition) is 3. The highest BCUT2D eigenvalue weighted by Gasteiger charge is 2.21. The van der Waals surface area contributed by atoms with Crippen LogP contribution in [0.15, 0.2) is 73.3 Å². The Morgan fingerprint density at radius 1 is 1.05 bits per heavy atom. The van der Waals surface area contributed by atoms with Gasteiger partial charge in [0, 0.05) is 0 Å². The molecule has 0 aliphatic rings. The summed E-state index contributed by atoms with van der Waals surface area (Å²) in [6, 6.07) is 17.9. The van der Waals surface area contributed by atoms with Gasteiger partial charge < -0.3 is 10.5 Å². The molecule has 0 aromatic heterocycles. The molecule has 0 heterocycles. The van der Waals surface area contributed by atoms with E-state index < -0.39 is 18.1 Å². The van der Waals surface area contributed by atoms with Gasteiger partial charge in [-0.3, -0.25) is 0 Å². The predicted octanol–water partition coefficient (Wildman–Crippen LogP) is 3.10. The van der Waals surface area contributed by atoms with E-state index in [9.17, 15) is 4.79 Å². The average molecular weight is 267 g/mol. The lowest BCUT2D eigenvalue weighted by molar-refractivity contribution is 0.0347. The van der Waals surface area contributed by atoms with Crippen molar-refractivity contribution < 1.29 is 9.53 Å². The summed E-state index contributed by atoms with van der Waals surface area (Å²) in [6.07, 6.45) is 0.989. The number of hydrogen-bond donors (Lipinski definition) is 1. The zero-order chi connectivity index (χ0) is 14.4. The molecule has 0 amide bonds. The summed E-state index contributed by atoms with van der Waals surface area (Å²) in [6.45, 7) is 3.70.